The van der Waals surface area contributed by atoms with E-state index in [4.69, 9.17) is 18.9 Å². The van der Waals surface area contributed by atoms with Gasteiger partial charge in [-0.15, -0.1) is 0 Å². The van der Waals surface area contributed by atoms with Crippen molar-refractivity contribution in [2.24, 2.45) is 0 Å². The Morgan fingerprint density at radius 2 is 0.850 bits per heavy atom. The Morgan fingerprint density at radius 3 is 1.12 bits per heavy atom. The fraction of sp³-hybridized carbons (Fsp3) is 1.00. The van der Waals surface area contributed by atoms with E-state index in [0.29, 0.717) is 0 Å². The van der Waals surface area contributed by atoms with Crippen molar-refractivity contribution in [3.8, 4) is 0 Å². The fourth-order valence-corrected chi connectivity index (χ4v) is 17.8. The molecule has 4 radical (unpaired) electrons. The van der Waals surface area contributed by atoms with Gasteiger partial charge in [0.2, 0.25) is 0 Å². The molecule has 0 amide bonds. The highest BCUT2D eigenvalue weighted by molar-refractivity contribution is 9.26. The normalized spacial score (nSPS) is 14.4. The highest BCUT2D eigenvalue weighted by Gasteiger charge is 2.27. The predicted molar refractivity (Wildman–Crippen MR) is 197 cm³/mol. The number of hydrogen-bond acceptors (Lipinski definition) is 8. The van der Waals surface area contributed by atoms with E-state index in [0.717, 1.165) is 56.5 Å². The minimum atomic E-state index is -1.14. The van der Waals surface area contributed by atoms with Crippen LogP contribution in [0, 0.1) is 0 Å². The van der Waals surface area contributed by atoms with E-state index in [2.05, 4.69) is 88.6 Å². The Hall–Kier alpha value is 2.11. The van der Waals surface area contributed by atoms with Crippen molar-refractivity contribution < 1.29 is 18.9 Å². The van der Waals surface area contributed by atoms with E-state index >= 15 is 0 Å². The molecular formula is C28H62O4S4Si4. The van der Waals surface area contributed by atoms with Crippen LogP contribution in [0.4, 0.5) is 0 Å². The van der Waals surface area contributed by atoms with Crippen LogP contribution in [0.2, 0.25) is 62.5 Å². The van der Waals surface area contributed by atoms with Gasteiger partial charge in [0.25, 0.3) is 0 Å². The zero-order valence-corrected chi connectivity index (χ0v) is 34.7. The lowest BCUT2D eigenvalue weighted by atomic mass is 10.2. The van der Waals surface area contributed by atoms with Gasteiger partial charge in [-0.1, -0.05) is 98.6 Å². The molecule has 40 heavy (non-hydrogen) atoms. The first-order valence-corrected chi connectivity index (χ1v) is 30.4. The third-order valence-electron chi connectivity index (χ3n) is 7.03. The van der Waals surface area contributed by atoms with Crippen LogP contribution in [-0.4, -0.2) is 84.9 Å². The second kappa shape index (κ2) is 26.3. The van der Waals surface area contributed by atoms with Crippen molar-refractivity contribution in [2.75, 3.05) is 37.9 Å². The van der Waals surface area contributed by atoms with Gasteiger partial charge in [-0.05, 0) is 71.3 Å². The lowest BCUT2D eigenvalue weighted by Gasteiger charge is -2.29. The van der Waals surface area contributed by atoms with Gasteiger partial charge in [0.05, 0.1) is 0 Å². The van der Waals surface area contributed by atoms with Crippen molar-refractivity contribution in [2.45, 2.75) is 140 Å². The van der Waals surface area contributed by atoms with Crippen LogP contribution < -0.4 is 0 Å². The zero-order valence-electron chi connectivity index (χ0n) is 27.5. The average molecular weight is 703 g/mol. The summed E-state index contributed by atoms with van der Waals surface area (Å²) in [4.78, 5) is 0. The van der Waals surface area contributed by atoms with E-state index in [1.807, 2.05) is 19.7 Å². The molecule has 0 aliphatic rings. The summed E-state index contributed by atoms with van der Waals surface area (Å²) < 4.78 is 22.9. The summed E-state index contributed by atoms with van der Waals surface area (Å²) in [6.45, 7) is 26.5. The summed E-state index contributed by atoms with van der Waals surface area (Å²) in [6, 6.07) is 2.47. The third kappa shape index (κ3) is 23.5. The molecule has 0 saturated heterocycles. The van der Waals surface area contributed by atoms with Crippen molar-refractivity contribution in [3.63, 3.8) is 0 Å². The first-order valence-electron chi connectivity index (χ1n) is 15.5. The summed E-state index contributed by atoms with van der Waals surface area (Å²) >= 11 is 0. The van der Waals surface area contributed by atoms with Crippen LogP contribution in [0.5, 0.6) is 0 Å². The molecule has 0 aliphatic heterocycles. The first kappa shape index (κ1) is 42.1. The van der Waals surface area contributed by atoms with Gasteiger partial charge in [0.1, 0.15) is 30.9 Å². The monoisotopic (exact) mass is 702 g/mol. The molecule has 0 aromatic heterocycles. The molecule has 0 aromatic carbocycles. The van der Waals surface area contributed by atoms with Crippen LogP contribution >= 0.6 is 41.2 Å². The summed E-state index contributed by atoms with van der Waals surface area (Å²) in [6.07, 6.45) is 8.10. The Morgan fingerprint density at radius 1 is 0.525 bits per heavy atom. The van der Waals surface area contributed by atoms with Gasteiger partial charge < -0.3 is 18.9 Å². The Kier molecular flexibility index (Phi) is 27.7. The van der Waals surface area contributed by atoms with Gasteiger partial charge in [-0.2, -0.15) is 0 Å². The maximum atomic E-state index is 5.73. The molecule has 0 N–H and O–H groups in total. The SMILES string of the molecule is CCOC(OCC)[Si]CCCC(CCSSSSCCC(CCC[Si]C(OCC)OCC)[Si](C)(C)C)[Si](C)(C)C. The highest BCUT2D eigenvalue weighted by Crippen LogP contribution is 2.46. The summed E-state index contributed by atoms with van der Waals surface area (Å²) in [7, 11) is 7.41. The van der Waals surface area contributed by atoms with Crippen molar-refractivity contribution in [1.82, 2.24) is 0 Å². The molecule has 0 spiro atoms. The van der Waals surface area contributed by atoms with Crippen LogP contribution in [0.1, 0.15) is 66.2 Å². The molecule has 2 unspecified atom stereocenters. The largest absolute Gasteiger partial charge is 0.357 e. The molecule has 0 rings (SSSR count). The maximum absolute atomic E-state index is 5.73. The molecule has 0 fully saturated rings. The van der Waals surface area contributed by atoms with Crippen LogP contribution in [0.3, 0.4) is 0 Å². The molecule has 12 heteroatoms. The minimum Gasteiger partial charge on any atom is -0.357 e. The molecule has 0 aliphatic carbocycles. The van der Waals surface area contributed by atoms with E-state index in [1.54, 1.807) is 0 Å². The molecular weight excluding hydrogens is 641 g/mol. The number of ether oxygens (including phenoxy) is 4. The minimum absolute atomic E-state index is 0.0160. The van der Waals surface area contributed by atoms with Crippen LogP contribution in [0.15, 0.2) is 0 Å². The van der Waals surface area contributed by atoms with E-state index in [-0.39, 0.29) is 11.8 Å². The van der Waals surface area contributed by atoms with Crippen molar-refractivity contribution >= 4 is 76.4 Å². The molecule has 0 heterocycles. The third-order valence-corrected chi connectivity index (χ3v) is 22.2. The van der Waals surface area contributed by atoms with Crippen LogP contribution in [-0.2, 0) is 18.9 Å². The standard InChI is InChI=1S/C28H62O4S4Si4/c1-11-29-27(30-12-2)37-23-15-17-25(39(5,6)7)19-21-33-35-36-34-22-20-26(40(8,9)10)18-16-24-38-28(31-13-3)32-14-4/h25-28H,11-24H2,1-10H3. The Labute approximate surface area is 272 Å². The second-order valence-corrected chi connectivity index (χ2v) is 32.3. The smallest absolute Gasteiger partial charge is 0.137 e. The summed E-state index contributed by atoms with van der Waals surface area (Å²) in [5, 5.41) is 0. The lowest BCUT2D eigenvalue weighted by molar-refractivity contribution is -0.0830. The van der Waals surface area contributed by atoms with Gasteiger partial charge in [0.15, 0.2) is 0 Å². The van der Waals surface area contributed by atoms with E-state index in [1.165, 1.54) is 62.1 Å². The van der Waals surface area contributed by atoms with E-state index in [9.17, 15) is 0 Å². The predicted octanol–water partition coefficient (Wildman–Crippen LogP) is 10.4. The van der Waals surface area contributed by atoms with Gasteiger partial charge >= 0.3 is 0 Å². The zero-order chi connectivity index (χ0) is 30.3. The maximum Gasteiger partial charge on any atom is 0.137 e. The fourth-order valence-electron chi connectivity index (χ4n) is 4.58. The average Bonchev–Trinajstić information content (AvgIpc) is 2.86. The molecule has 0 saturated carbocycles. The highest BCUT2D eigenvalue weighted by atomic mass is 33.7. The summed E-state index contributed by atoms with van der Waals surface area (Å²) in [5.41, 5.74) is 1.83. The molecule has 2 atom stereocenters. The number of hydrogen-bond donors (Lipinski definition) is 0. The quantitative estimate of drug-likeness (QED) is 0.0330. The topological polar surface area (TPSA) is 36.9 Å². The Balaban J connectivity index is 4.18. The van der Waals surface area contributed by atoms with Gasteiger partial charge in [0, 0.05) is 54.1 Å². The first-order chi connectivity index (χ1) is 19.0. The molecule has 238 valence electrons. The molecule has 0 aromatic rings. The second-order valence-electron chi connectivity index (χ2n) is 12.2. The summed E-state index contributed by atoms with van der Waals surface area (Å²) in [5.74, 6) is 2.58. The lowest BCUT2D eigenvalue weighted by Crippen LogP contribution is -2.29. The Bertz CT molecular complexity index is 511. The van der Waals surface area contributed by atoms with Gasteiger partial charge in [-0.25, -0.2) is 0 Å². The number of rotatable bonds is 29. The van der Waals surface area contributed by atoms with Crippen molar-refractivity contribution in [3.05, 3.63) is 0 Å². The van der Waals surface area contributed by atoms with Crippen LogP contribution in [0.25, 0.3) is 0 Å². The van der Waals surface area contributed by atoms with Crippen molar-refractivity contribution in [1.29, 1.82) is 0 Å². The molecule has 4 nitrogen and oxygen atoms in total. The van der Waals surface area contributed by atoms with E-state index < -0.39 is 16.1 Å². The molecule has 0 bridgehead atoms. The van der Waals surface area contributed by atoms with Gasteiger partial charge in [-0.3, -0.25) is 0 Å².